The van der Waals surface area contributed by atoms with E-state index in [9.17, 15) is 0 Å². The van der Waals surface area contributed by atoms with E-state index in [1.165, 1.54) is 19.3 Å². The van der Waals surface area contributed by atoms with Crippen LogP contribution in [0.1, 0.15) is 57.8 Å². The average molecular weight is 342 g/mol. The monoisotopic (exact) mass is 341 g/mol. The fourth-order valence-electron chi connectivity index (χ4n) is 2.39. The first-order valence-electron chi connectivity index (χ1n) is 9.85. The van der Waals surface area contributed by atoms with Crippen molar-refractivity contribution in [1.82, 2.24) is 4.90 Å². The van der Waals surface area contributed by atoms with Gasteiger partial charge in [0.2, 0.25) is 0 Å². The maximum absolute atomic E-state index is 3.77. The minimum atomic E-state index is 1.02. The number of nitrogens with zero attached hydrogens (tertiary/aromatic N) is 1. The lowest BCUT2D eigenvalue weighted by Crippen LogP contribution is -2.24. The summed E-state index contributed by atoms with van der Waals surface area (Å²) in [6.45, 7) is 14.4. The van der Waals surface area contributed by atoms with Crippen LogP contribution in [0.15, 0.2) is 74.4 Å². The molecule has 0 aromatic heterocycles. The van der Waals surface area contributed by atoms with Gasteiger partial charge in [-0.2, -0.15) is 0 Å². The Morgan fingerprint density at radius 3 is 1.04 bits per heavy atom. The first kappa shape index (κ1) is 23.4. The van der Waals surface area contributed by atoms with E-state index in [1.54, 1.807) is 0 Å². The van der Waals surface area contributed by atoms with Gasteiger partial charge in [-0.25, -0.2) is 0 Å². The zero-order chi connectivity index (χ0) is 18.4. The maximum Gasteiger partial charge on any atom is 0.0169 e. The fourth-order valence-corrected chi connectivity index (χ4v) is 2.39. The molecule has 25 heavy (non-hydrogen) atoms. The molecule has 0 amide bonds. The summed E-state index contributed by atoms with van der Waals surface area (Å²) in [6, 6.07) is 0. The van der Waals surface area contributed by atoms with E-state index in [1.807, 2.05) is 18.2 Å². The number of hydrogen-bond donors (Lipinski definition) is 0. The van der Waals surface area contributed by atoms with Crippen molar-refractivity contribution in [1.29, 1.82) is 0 Å². The molecule has 0 saturated heterocycles. The van der Waals surface area contributed by atoms with Crippen molar-refractivity contribution in [3.8, 4) is 0 Å². The second-order valence-corrected chi connectivity index (χ2v) is 6.29. The van der Waals surface area contributed by atoms with E-state index in [4.69, 9.17) is 0 Å². The minimum absolute atomic E-state index is 1.02. The molecule has 0 aromatic rings. The van der Waals surface area contributed by atoms with E-state index in [2.05, 4.69) is 61.1 Å². The van der Waals surface area contributed by atoms with Crippen molar-refractivity contribution in [3.63, 3.8) is 0 Å². The number of unbranched alkanes of at least 4 members (excludes halogenated alkanes) is 6. The van der Waals surface area contributed by atoms with Crippen LogP contribution >= 0.6 is 0 Å². The van der Waals surface area contributed by atoms with Gasteiger partial charge in [-0.3, -0.25) is 4.90 Å². The fraction of sp³-hybridized carbons (Fsp3) is 0.500. The third-order valence-electron chi connectivity index (χ3n) is 3.93. The molecule has 0 aliphatic heterocycles. The molecular formula is C24H39N. The summed E-state index contributed by atoms with van der Waals surface area (Å²) in [4.78, 5) is 2.47. The number of hydrogen-bond acceptors (Lipinski definition) is 1. The molecule has 0 unspecified atom stereocenters. The van der Waals surface area contributed by atoms with Crippen LogP contribution in [0.25, 0.3) is 0 Å². The summed E-state index contributed by atoms with van der Waals surface area (Å²) < 4.78 is 0. The van der Waals surface area contributed by atoms with E-state index < -0.39 is 0 Å². The maximum atomic E-state index is 3.77. The van der Waals surface area contributed by atoms with Gasteiger partial charge in [0.1, 0.15) is 0 Å². The molecule has 0 heterocycles. The van der Waals surface area contributed by atoms with E-state index in [0.717, 1.165) is 58.2 Å². The molecule has 0 aromatic carbocycles. The second-order valence-electron chi connectivity index (χ2n) is 6.29. The summed E-state index contributed by atoms with van der Waals surface area (Å²) in [6.07, 6.45) is 30.2. The van der Waals surface area contributed by atoms with Crippen LogP contribution in [0.3, 0.4) is 0 Å². The summed E-state index contributed by atoms with van der Waals surface area (Å²) >= 11 is 0. The van der Waals surface area contributed by atoms with Crippen molar-refractivity contribution < 1.29 is 0 Å². The van der Waals surface area contributed by atoms with Gasteiger partial charge in [0.15, 0.2) is 0 Å². The van der Waals surface area contributed by atoms with Gasteiger partial charge >= 0.3 is 0 Å². The van der Waals surface area contributed by atoms with Gasteiger partial charge in [-0.15, -0.1) is 19.7 Å². The normalized spacial score (nSPS) is 11.9. The lowest BCUT2D eigenvalue weighted by Gasteiger charge is -2.16. The molecule has 0 bridgehead atoms. The largest absolute Gasteiger partial charge is 0.292 e. The van der Waals surface area contributed by atoms with Crippen molar-refractivity contribution in [2.45, 2.75) is 57.8 Å². The van der Waals surface area contributed by atoms with Crippen LogP contribution < -0.4 is 0 Å². The smallest absolute Gasteiger partial charge is 0.0169 e. The summed E-state index contributed by atoms with van der Waals surface area (Å²) in [7, 11) is 0. The van der Waals surface area contributed by atoms with Crippen molar-refractivity contribution in [2.24, 2.45) is 0 Å². The lowest BCUT2D eigenvalue weighted by atomic mass is 10.2. The zero-order valence-electron chi connectivity index (χ0n) is 16.2. The third-order valence-corrected chi connectivity index (χ3v) is 3.93. The second kappa shape index (κ2) is 20.4. The molecule has 0 saturated carbocycles. The van der Waals surface area contributed by atoms with Crippen LogP contribution in [0.2, 0.25) is 0 Å². The predicted molar refractivity (Wildman–Crippen MR) is 116 cm³/mol. The Bertz CT molecular complexity index is 339. The van der Waals surface area contributed by atoms with Crippen molar-refractivity contribution in [3.05, 3.63) is 74.4 Å². The first-order chi connectivity index (χ1) is 12.3. The molecule has 1 nitrogen and oxygen atoms in total. The number of rotatable bonds is 18. The molecule has 0 radical (unpaired) electrons. The van der Waals surface area contributed by atoms with Crippen LogP contribution in [0, 0.1) is 0 Å². The zero-order valence-corrected chi connectivity index (χ0v) is 16.2. The molecule has 0 fully saturated rings. The SMILES string of the molecule is C=CCCC/C=C/CN(C/C=C/CCCC=C)C/C=C/CCCC=C. The first-order valence-corrected chi connectivity index (χ1v) is 9.85. The molecule has 140 valence electrons. The van der Waals surface area contributed by atoms with Gasteiger partial charge in [-0.05, 0) is 57.8 Å². The standard InChI is InChI=1S/C24H39N/c1-4-7-10-13-16-19-22-25(23-20-17-14-11-8-5-2)24-21-18-15-12-9-6-3/h4-6,16-21H,1-3,7-15,22-24H2/b19-16+,20-17+,21-18+. The Hall–Kier alpha value is -1.60. The topological polar surface area (TPSA) is 3.24 Å². The van der Waals surface area contributed by atoms with Crippen molar-refractivity contribution in [2.75, 3.05) is 19.6 Å². The Kier molecular flexibility index (Phi) is 19.1. The quantitative estimate of drug-likeness (QED) is 0.191. The van der Waals surface area contributed by atoms with Gasteiger partial charge < -0.3 is 0 Å². The van der Waals surface area contributed by atoms with E-state index >= 15 is 0 Å². The highest BCUT2D eigenvalue weighted by Crippen LogP contribution is 2.01. The van der Waals surface area contributed by atoms with Gasteiger partial charge in [-0.1, -0.05) is 54.7 Å². The Balaban J connectivity index is 4.17. The van der Waals surface area contributed by atoms with Gasteiger partial charge in [0.05, 0.1) is 0 Å². The number of allylic oxidation sites excluding steroid dienone is 6. The molecule has 0 aliphatic rings. The highest BCUT2D eigenvalue weighted by Gasteiger charge is 1.97. The lowest BCUT2D eigenvalue weighted by molar-refractivity contribution is 0.371. The Morgan fingerprint density at radius 1 is 0.440 bits per heavy atom. The molecule has 0 spiro atoms. The van der Waals surface area contributed by atoms with Crippen LogP contribution in [0.5, 0.6) is 0 Å². The molecule has 1 heteroatoms. The average Bonchev–Trinajstić information content (AvgIpc) is 2.63. The van der Waals surface area contributed by atoms with Crippen LogP contribution in [-0.2, 0) is 0 Å². The summed E-state index contributed by atoms with van der Waals surface area (Å²) in [5.74, 6) is 0. The summed E-state index contributed by atoms with van der Waals surface area (Å²) in [5.41, 5.74) is 0. The van der Waals surface area contributed by atoms with Crippen LogP contribution in [-0.4, -0.2) is 24.5 Å². The summed E-state index contributed by atoms with van der Waals surface area (Å²) in [5, 5.41) is 0. The molecule has 0 aliphatic carbocycles. The van der Waals surface area contributed by atoms with Crippen LogP contribution in [0.4, 0.5) is 0 Å². The van der Waals surface area contributed by atoms with Gasteiger partial charge in [0, 0.05) is 19.6 Å². The van der Waals surface area contributed by atoms with E-state index in [-0.39, 0.29) is 0 Å². The molecular weight excluding hydrogens is 302 g/mol. The van der Waals surface area contributed by atoms with Gasteiger partial charge in [0.25, 0.3) is 0 Å². The van der Waals surface area contributed by atoms with Crippen molar-refractivity contribution >= 4 is 0 Å². The Labute approximate surface area is 157 Å². The highest BCUT2D eigenvalue weighted by molar-refractivity contribution is 4.94. The third kappa shape index (κ3) is 18.6. The molecule has 0 N–H and O–H groups in total. The van der Waals surface area contributed by atoms with E-state index in [0.29, 0.717) is 0 Å². The molecule has 0 atom stereocenters. The predicted octanol–water partition coefficient (Wildman–Crippen LogP) is 7.03. The highest BCUT2D eigenvalue weighted by atomic mass is 15.1. The molecule has 0 rings (SSSR count). The Morgan fingerprint density at radius 2 is 0.760 bits per heavy atom. The minimum Gasteiger partial charge on any atom is -0.292 e.